The molecule has 5 heteroatoms. The van der Waals surface area contributed by atoms with Gasteiger partial charge < -0.3 is 5.32 Å². The van der Waals surface area contributed by atoms with Gasteiger partial charge in [0.25, 0.3) is 5.91 Å². The van der Waals surface area contributed by atoms with Crippen LogP contribution in [0.1, 0.15) is 16.7 Å². The van der Waals surface area contributed by atoms with Gasteiger partial charge in [-0.1, -0.05) is 41.4 Å². The molecule has 2 aromatic carbocycles. The maximum Gasteiger partial charge on any atom is 0.259 e. The molecular weight excluding hydrogens is 298 g/mol. The number of hydrogen-bond donors (Lipinski definition) is 2. The van der Waals surface area contributed by atoms with Crippen LogP contribution in [0.25, 0.3) is 0 Å². The highest BCUT2D eigenvalue weighted by Gasteiger charge is 2.02. The van der Waals surface area contributed by atoms with Crippen LogP contribution in [0, 0.1) is 13.8 Å². The van der Waals surface area contributed by atoms with Crippen LogP contribution in [0.15, 0.2) is 47.6 Å². The summed E-state index contributed by atoms with van der Waals surface area (Å²) in [5.41, 5.74) is 6.55. The van der Waals surface area contributed by atoms with Gasteiger partial charge in [-0.15, -0.1) is 0 Å². The predicted octanol–water partition coefficient (Wildman–Crippen LogP) is 3.52. The maximum absolute atomic E-state index is 11.7. The van der Waals surface area contributed by atoms with Crippen molar-refractivity contribution in [1.82, 2.24) is 5.43 Å². The number of nitrogens with one attached hydrogen (secondary N) is 2. The summed E-state index contributed by atoms with van der Waals surface area (Å²) in [6.45, 7) is 4.20. The molecule has 0 atom stereocenters. The topological polar surface area (TPSA) is 53.5 Å². The van der Waals surface area contributed by atoms with Crippen molar-refractivity contribution in [2.24, 2.45) is 5.10 Å². The van der Waals surface area contributed by atoms with E-state index in [1.807, 2.05) is 38.1 Å². The number of hydrazone groups is 1. The summed E-state index contributed by atoms with van der Waals surface area (Å²) >= 11 is 5.87. The molecule has 4 nitrogen and oxygen atoms in total. The number of carbonyl (C=O) groups is 1. The zero-order valence-corrected chi connectivity index (χ0v) is 13.3. The van der Waals surface area contributed by atoms with Crippen LogP contribution in [0.2, 0.25) is 5.02 Å². The van der Waals surface area contributed by atoms with Gasteiger partial charge in [-0.25, -0.2) is 5.43 Å². The fourth-order valence-electron chi connectivity index (χ4n) is 1.99. The molecule has 1 amide bonds. The molecule has 0 bridgehead atoms. The van der Waals surface area contributed by atoms with Gasteiger partial charge in [0, 0.05) is 10.7 Å². The monoisotopic (exact) mass is 315 g/mol. The van der Waals surface area contributed by atoms with Crippen molar-refractivity contribution in [2.75, 3.05) is 11.9 Å². The number of amides is 1. The van der Waals surface area contributed by atoms with Gasteiger partial charge in [0.2, 0.25) is 0 Å². The smallest absolute Gasteiger partial charge is 0.259 e. The van der Waals surface area contributed by atoms with E-state index < -0.39 is 0 Å². The number of benzene rings is 2. The second-order valence-electron chi connectivity index (χ2n) is 5.02. The van der Waals surface area contributed by atoms with Crippen LogP contribution < -0.4 is 10.7 Å². The second-order valence-corrected chi connectivity index (χ2v) is 5.46. The summed E-state index contributed by atoms with van der Waals surface area (Å²) in [4.78, 5) is 11.7. The molecule has 0 aliphatic carbocycles. The first-order valence-electron chi connectivity index (χ1n) is 6.93. The molecule has 2 rings (SSSR count). The summed E-state index contributed by atoms with van der Waals surface area (Å²) in [7, 11) is 0. The van der Waals surface area contributed by atoms with Crippen LogP contribution in [-0.4, -0.2) is 18.7 Å². The van der Waals surface area contributed by atoms with Gasteiger partial charge >= 0.3 is 0 Å². The number of anilines is 1. The largest absolute Gasteiger partial charge is 0.376 e. The maximum atomic E-state index is 11.7. The molecule has 0 aliphatic rings. The Balaban J connectivity index is 1.83. The lowest BCUT2D eigenvalue weighted by Gasteiger charge is -2.09. The molecule has 114 valence electrons. The van der Waals surface area contributed by atoms with Crippen molar-refractivity contribution in [3.63, 3.8) is 0 Å². The Bertz CT molecular complexity index is 698. The van der Waals surface area contributed by atoms with Crippen LogP contribution in [-0.2, 0) is 4.79 Å². The molecule has 0 heterocycles. The number of hydrogen-bond acceptors (Lipinski definition) is 3. The summed E-state index contributed by atoms with van der Waals surface area (Å²) < 4.78 is 0. The Morgan fingerprint density at radius 1 is 1.23 bits per heavy atom. The Labute approximate surface area is 135 Å². The van der Waals surface area contributed by atoms with E-state index in [-0.39, 0.29) is 12.5 Å². The van der Waals surface area contributed by atoms with Gasteiger partial charge in [0.15, 0.2) is 0 Å². The van der Waals surface area contributed by atoms with Gasteiger partial charge in [0.1, 0.15) is 0 Å². The third-order valence-corrected chi connectivity index (χ3v) is 3.31. The number of rotatable bonds is 5. The van der Waals surface area contributed by atoms with E-state index in [0.717, 1.165) is 16.8 Å². The van der Waals surface area contributed by atoms with Crippen molar-refractivity contribution in [1.29, 1.82) is 0 Å². The number of aryl methyl sites for hydroxylation is 2. The third kappa shape index (κ3) is 4.90. The van der Waals surface area contributed by atoms with E-state index in [1.165, 1.54) is 5.56 Å². The van der Waals surface area contributed by atoms with Gasteiger partial charge in [-0.3, -0.25) is 4.79 Å². The molecule has 0 fully saturated rings. The molecule has 22 heavy (non-hydrogen) atoms. The quantitative estimate of drug-likeness (QED) is 0.655. The highest BCUT2D eigenvalue weighted by Crippen LogP contribution is 2.15. The highest BCUT2D eigenvalue weighted by molar-refractivity contribution is 6.30. The van der Waals surface area contributed by atoms with E-state index in [2.05, 4.69) is 21.9 Å². The summed E-state index contributed by atoms with van der Waals surface area (Å²) in [6.07, 6.45) is 1.56. The minimum Gasteiger partial charge on any atom is -0.376 e. The lowest BCUT2D eigenvalue weighted by atomic mass is 10.1. The average Bonchev–Trinajstić information content (AvgIpc) is 2.46. The molecular formula is C17H18ClN3O. The Morgan fingerprint density at radius 3 is 2.77 bits per heavy atom. The van der Waals surface area contributed by atoms with E-state index >= 15 is 0 Å². The Morgan fingerprint density at radius 2 is 2.05 bits per heavy atom. The third-order valence-electron chi connectivity index (χ3n) is 3.07. The molecule has 0 aliphatic heterocycles. The lowest BCUT2D eigenvalue weighted by molar-refractivity contribution is -0.119. The summed E-state index contributed by atoms with van der Waals surface area (Å²) in [5.74, 6) is -0.210. The highest BCUT2D eigenvalue weighted by atomic mass is 35.5. The van der Waals surface area contributed by atoms with Crippen molar-refractivity contribution < 1.29 is 4.79 Å². The normalized spacial score (nSPS) is 10.7. The van der Waals surface area contributed by atoms with Crippen LogP contribution in [0.3, 0.4) is 0 Å². The van der Waals surface area contributed by atoms with Crippen LogP contribution >= 0.6 is 11.6 Å². The molecule has 0 aromatic heterocycles. The van der Waals surface area contributed by atoms with Crippen molar-refractivity contribution in [3.05, 3.63) is 64.2 Å². The molecule has 0 saturated carbocycles. The SMILES string of the molecule is Cc1ccc(NCC(=O)N/N=C/c2cccc(Cl)c2)c(C)c1. The zero-order valence-electron chi connectivity index (χ0n) is 12.6. The van der Waals surface area contributed by atoms with Crippen molar-refractivity contribution >= 4 is 29.4 Å². The summed E-state index contributed by atoms with van der Waals surface area (Å²) in [6, 6.07) is 13.3. The molecule has 0 unspecified atom stereocenters. The number of halogens is 1. The predicted molar refractivity (Wildman–Crippen MR) is 91.6 cm³/mol. The minimum atomic E-state index is -0.210. The number of carbonyl (C=O) groups excluding carboxylic acids is 1. The summed E-state index contributed by atoms with van der Waals surface area (Å²) in [5, 5.41) is 7.63. The van der Waals surface area contributed by atoms with Gasteiger partial charge in [-0.2, -0.15) is 5.10 Å². The molecule has 0 spiro atoms. The Kier molecular flexibility index (Phi) is 5.55. The fourth-order valence-corrected chi connectivity index (χ4v) is 2.19. The van der Waals surface area contributed by atoms with E-state index in [9.17, 15) is 4.79 Å². The average molecular weight is 316 g/mol. The first-order valence-corrected chi connectivity index (χ1v) is 7.31. The minimum absolute atomic E-state index is 0.163. The Hall–Kier alpha value is -2.33. The molecule has 0 radical (unpaired) electrons. The van der Waals surface area contributed by atoms with Crippen molar-refractivity contribution in [2.45, 2.75) is 13.8 Å². The van der Waals surface area contributed by atoms with Crippen LogP contribution in [0.4, 0.5) is 5.69 Å². The van der Waals surface area contributed by atoms with E-state index in [4.69, 9.17) is 11.6 Å². The fraction of sp³-hybridized carbons (Fsp3) is 0.176. The van der Waals surface area contributed by atoms with E-state index in [1.54, 1.807) is 18.3 Å². The second kappa shape index (κ2) is 7.61. The number of nitrogens with zero attached hydrogens (tertiary/aromatic N) is 1. The van der Waals surface area contributed by atoms with Gasteiger partial charge in [0.05, 0.1) is 12.8 Å². The molecule has 2 aromatic rings. The van der Waals surface area contributed by atoms with E-state index in [0.29, 0.717) is 5.02 Å². The molecule has 0 saturated heterocycles. The lowest BCUT2D eigenvalue weighted by Crippen LogP contribution is -2.26. The first-order chi connectivity index (χ1) is 10.5. The standard InChI is InChI=1S/C17H18ClN3O/c1-12-6-7-16(13(2)8-12)19-11-17(22)21-20-10-14-4-3-5-15(18)9-14/h3-10,19H,11H2,1-2H3,(H,21,22)/b20-10+. The van der Waals surface area contributed by atoms with Gasteiger partial charge in [-0.05, 0) is 43.2 Å². The zero-order chi connectivity index (χ0) is 15.9. The van der Waals surface area contributed by atoms with Crippen molar-refractivity contribution in [3.8, 4) is 0 Å². The van der Waals surface area contributed by atoms with Crippen LogP contribution in [0.5, 0.6) is 0 Å². The first kappa shape index (κ1) is 16.0. The molecule has 2 N–H and O–H groups in total.